The molecule has 0 aliphatic carbocycles. The number of nitrogens with one attached hydrogen (secondary N) is 1. The highest BCUT2D eigenvalue weighted by Crippen LogP contribution is 2.21. The van der Waals surface area contributed by atoms with Gasteiger partial charge in [0.25, 0.3) is 0 Å². The van der Waals surface area contributed by atoms with E-state index in [1.54, 1.807) is 18.0 Å². The molecule has 1 amide bonds. The zero-order valence-electron chi connectivity index (χ0n) is 12.7. The summed E-state index contributed by atoms with van der Waals surface area (Å²) in [5.41, 5.74) is 3.19. The van der Waals surface area contributed by atoms with Crippen LogP contribution in [0.15, 0.2) is 58.5 Å². The molecule has 0 unspecified atom stereocenters. The Morgan fingerprint density at radius 1 is 1.26 bits per heavy atom. The van der Waals surface area contributed by atoms with Gasteiger partial charge in [-0.2, -0.15) is 5.10 Å². The van der Waals surface area contributed by atoms with Gasteiger partial charge in [-0.3, -0.25) is 4.79 Å². The van der Waals surface area contributed by atoms with E-state index in [-0.39, 0.29) is 5.91 Å². The number of nitrogens with zero attached hydrogens (tertiary/aromatic N) is 1. The first kappa shape index (κ1) is 17.4. The van der Waals surface area contributed by atoms with Crippen molar-refractivity contribution in [2.75, 3.05) is 12.4 Å². The van der Waals surface area contributed by atoms with Crippen LogP contribution >= 0.6 is 23.4 Å². The van der Waals surface area contributed by atoms with E-state index < -0.39 is 0 Å². The molecule has 2 aromatic carbocycles. The first-order chi connectivity index (χ1) is 11.1. The van der Waals surface area contributed by atoms with Crippen LogP contribution in [0.2, 0.25) is 5.02 Å². The zero-order chi connectivity index (χ0) is 16.5. The molecular weight excluding hydrogens is 332 g/mol. The number of hydrogen-bond donors (Lipinski definition) is 1. The SMILES string of the molecule is CC(=O)N/N=C\c1ccccc1OCCSc1ccc(Cl)cc1. The summed E-state index contributed by atoms with van der Waals surface area (Å²) < 4.78 is 5.79. The molecule has 0 saturated carbocycles. The van der Waals surface area contributed by atoms with Crippen LogP contribution in [-0.4, -0.2) is 24.5 Å². The number of halogens is 1. The largest absolute Gasteiger partial charge is 0.492 e. The fourth-order valence-corrected chi connectivity index (χ4v) is 2.61. The highest BCUT2D eigenvalue weighted by molar-refractivity contribution is 7.99. The van der Waals surface area contributed by atoms with E-state index in [0.717, 1.165) is 27.0 Å². The molecule has 0 radical (unpaired) electrons. The number of rotatable bonds is 7. The second-order valence-electron chi connectivity index (χ2n) is 4.61. The fraction of sp³-hybridized carbons (Fsp3) is 0.176. The average Bonchev–Trinajstić information content (AvgIpc) is 2.54. The average molecular weight is 349 g/mol. The number of hydrazone groups is 1. The number of benzene rings is 2. The van der Waals surface area contributed by atoms with Gasteiger partial charge in [0, 0.05) is 28.2 Å². The molecule has 2 rings (SSSR count). The van der Waals surface area contributed by atoms with Gasteiger partial charge in [0.05, 0.1) is 12.8 Å². The van der Waals surface area contributed by atoms with Crippen LogP contribution in [0.25, 0.3) is 0 Å². The van der Waals surface area contributed by atoms with E-state index in [9.17, 15) is 4.79 Å². The Balaban J connectivity index is 1.84. The third-order valence-corrected chi connectivity index (χ3v) is 4.00. The zero-order valence-corrected chi connectivity index (χ0v) is 14.2. The predicted octanol–water partition coefficient (Wildman–Crippen LogP) is 3.98. The van der Waals surface area contributed by atoms with Crippen LogP contribution < -0.4 is 10.2 Å². The number of ether oxygens (including phenoxy) is 1. The quantitative estimate of drug-likeness (QED) is 0.356. The van der Waals surface area contributed by atoms with Crippen LogP contribution in [0.5, 0.6) is 5.75 Å². The minimum Gasteiger partial charge on any atom is -0.492 e. The van der Waals surface area contributed by atoms with Crippen molar-refractivity contribution in [1.82, 2.24) is 5.43 Å². The first-order valence-electron chi connectivity index (χ1n) is 7.05. The number of thioether (sulfide) groups is 1. The molecule has 120 valence electrons. The lowest BCUT2D eigenvalue weighted by Gasteiger charge is -2.08. The maximum Gasteiger partial charge on any atom is 0.236 e. The molecule has 0 atom stereocenters. The van der Waals surface area contributed by atoms with Crippen molar-refractivity contribution in [3.63, 3.8) is 0 Å². The van der Waals surface area contributed by atoms with E-state index in [4.69, 9.17) is 16.3 Å². The second kappa shape index (κ2) is 9.22. The molecular formula is C17H17ClN2O2S. The Hall–Kier alpha value is -1.98. The van der Waals surface area contributed by atoms with Crippen LogP contribution in [0.3, 0.4) is 0 Å². The summed E-state index contributed by atoms with van der Waals surface area (Å²) in [7, 11) is 0. The molecule has 1 N–H and O–H groups in total. The molecule has 6 heteroatoms. The summed E-state index contributed by atoms with van der Waals surface area (Å²) in [5.74, 6) is 1.34. The molecule has 0 aromatic heterocycles. The van der Waals surface area contributed by atoms with Crippen molar-refractivity contribution < 1.29 is 9.53 Å². The number of carbonyl (C=O) groups excluding carboxylic acids is 1. The summed E-state index contributed by atoms with van der Waals surface area (Å²) in [6.45, 7) is 1.98. The highest BCUT2D eigenvalue weighted by Gasteiger charge is 2.01. The van der Waals surface area contributed by atoms with Crippen molar-refractivity contribution in [2.24, 2.45) is 5.10 Å². The standard InChI is InChI=1S/C17H17ClN2O2S/c1-13(21)20-19-12-14-4-2-3-5-17(14)22-10-11-23-16-8-6-15(18)7-9-16/h2-9,12H,10-11H2,1H3,(H,20,21)/b19-12-. The Kier molecular flexibility index (Phi) is 6.97. The van der Waals surface area contributed by atoms with Gasteiger partial charge in [0.2, 0.25) is 5.91 Å². The van der Waals surface area contributed by atoms with Gasteiger partial charge in [-0.25, -0.2) is 5.43 Å². The van der Waals surface area contributed by atoms with E-state index >= 15 is 0 Å². The maximum absolute atomic E-state index is 10.8. The van der Waals surface area contributed by atoms with E-state index in [0.29, 0.717) is 6.61 Å². The maximum atomic E-state index is 10.8. The third-order valence-electron chi connectivity index (χ3n) is 2.77. The molecule has 0 fully saturated rings. The lowest BCUT2D eigenvalue weighted by molar-refractivity contribution is -0.118. The van der Waals surface area contributed by atoms with Crippen LogP contribution in [0.1, 0.15) is 12.5 Å². The van der Waals surface area contributed by atoms with Gasteiger partial charge < -0.3 is 4.74 Å². The number of amides is 1. The topological polar surface area (TPSA) is 50.7 Å². The minimum atomic E-state index is -0.209. The summed E-state index contributed by atoms with van der Waals surface area (Å²) in [5, 5.41) is 4.60. The van der Waals surface area contributed by atoms with Crippen molar-refractivity contribution in [2.45, 2.75) is 11.8 Å². The molecule has 4 nitrogen and oxygen atoms in total. The monoisotopic (exact) mass is 348 g/mol. The lowest BCUT2D eigenvalue weighted by atomic mass is 10.2. The van der Waals surface area contributed by atoms with Gasteiger partial charge in [0.1, 0.15) is 5.75 Å². The van der Waals surface area contributed by atoms with E-state index in [1.165, 1.54) is 6.92 Å². The fourth-order valence-electron chi connectivity index (χ4n) is 1.75. The number of hydrogen-bond acceptors (Lipinski definition) is 4. The van der Waals surface area contributed by atoms with Crippen molar-refractivity contribution in [3.8, 4) is 5.75 Å². The molecule has 0 heterocycles. The predicted molar refractivity (Wildman–Crippen MR) is 95.5 cm³/mol. The second-order valence-corrected chi connectivity index (χ2v) is 6.22. The molecule has 0 spiro atoms. The smallest absolute Gasteiger partial charge is 0.236 e. The molecule has 0 aliphatic rings. The van der Waals surface area contributed by atoms with Gasteiger partial charge in [-0.1, -0.05) is 23.7 Å². The molecule has 0 bridgehead atoms. The van der Waals surface area contributed by atoms with Gasteiger partial charge in [-0.05, 0) is 36.4 Å². The van der Waals surface area contributed by atoms with E-state index in [2.05, 4.69) is 10.5 Å². The Morgan fingerprint density at radius 3 is 2.74 bits per heavy atom. The van der Waals surface area contributed by atoms with Crippen molar-refractivity contribution in [1.29, 1.82) is 0 Å². The third kappa shape index (κ3) is 6.34. The van der Waals surface area contributed by atoms with E-state index in [1.807, 2.05) is 48.5 Å². The highest BCUT2D eigenvalue weighted by atomic mass is 35.5. The summed E-state index contributed by atoms with van der Waals surface area (Å²) in [6.07, 6.45) is 1.57. The van der Waals surface area contributed by atoms with Crippen LogP contribution in [-0.2, 0) is 4.79 Å². The minimum absolute atomic E-state index is 0.209. The van der Waals surface area contributed by atoms with Gasteiger partial charge >= 0.3 is 0 Å². The Morgan fingerprint density at radius 2 is 2.00 bits per heavy atom. The van der Waals surface area contributed by atoms with Crippen molar-refractivity contribution in [3.05, 3.63) is 59.1 Å². The van der Waals surface area contributed by atoms with Crippen LogP contribution in [0.4, 0.5) is 0 Å². The van der Waals surface area contributed by atoms with Crippen molar-refractivity contribution >= 4 is 35.5 Å². The van der Waals surface area contributed by atoms with Gasteiger partial charge in [-0.15, -0.1) is 11.8 Å². The summed E-state index contributed by atoms with van der Waals surface area (Å²) >= 11 is 7.56. The Bertz CT molecular complexity index is 675. The van der Waals surface area contributed by atoms with Crippen LogP contribution in [0, 0.1) is 0 Å². The molecule has 2 aromatic rings. The van der Waals surface area contributed by atoms with Gasteiger partial charge in [0.15, 0.2) is 0 Å². The molecule has 23 heavy (non-hydrogen) atoms. The summed E-state index contributed by atoms with van der Waals surface area (Å²) in [6, 6.07) is 15.3. The lowest BCUT2D eigenvalue weighted by Crippen LogP contribution is -2.12. The Labute approximate surface area is 144 Å². The first-order valence-corrected chi connectivity index (χ1v) is 8.41. The number of carbonyl (C=O) groups is 1. The molecule has 0 saturated heterocycles. The summed E-state index contributed by atoms with van der Waals surface area (Å²) in [4.78, 5) is 12.0. The molecule has 0 aliphatic heterocycles. The number of para-hydroxylation sites is 1. The normalized spacial score (nSPS) is 10.7.